The summed E-state index contributed by atoms with van der Waals surface area (Å²) in [6.07, 6.45) is -0.908. The van der Waals surface area contributed by atoms with Crippen LogP contribution in [0.2, 0.25) is 5.02 Å². The van der Waals surface area contributed by atoms with E-state index >= 15 is 0 Å². The number of halogens is 1. The number of rotatable bonds is 6. The lowest BCUT2D eigenvalue weighted by Gasteiger charge is -2.16. The number of hydrogen-bond donors (Lipinski definition) is 1. The number of amides is 1. The summed E-state index contributed by atoms with van der Waals surface area (Å²) in [6, 6.07) is 7.19. The van der Waals surface area contributed by atoms with Crippen LogP contribution < -0.4 is 5.32 Å². The van der Waals surface area contributed by atoms with Gasteiger partial charge < -0.3 is 10.1 Å². The van der Waals surface area contributed by atoms with E-state index in [-0.39, 0.29) is 5.91 Å². The number of thioether (sulfide) groups is 1. The maximum Gasteiger partial charge on any atom is 0.319 e. The highest BCUT2D eigenvalue weighted by molar-refractivity contribution is 8.00. The Hall–Kier alpha value is -1.99. The number of nitrogens with one attached hydrogen (secondary N) is 1. The number of carbonyl (C=O) groups is 2. The first-order valence-corrected chi connectivity index (χ1v) is 9.38. The second kappa shape index (κ2) is 8.60. The van der Waals surface area contributed by atoms with E-state index in [1.807, 2.05) is 26.0 Å². The summed E-state index contributed by atoms with van der Waals surface area (Å²) in [7, 11) is 1.80. The first-order chi connectivity index (χ1) is 12.2. The molecule has 0 radical (unpaired) electrons. The van der Waals surface area contributed by atoms with Crippen molar-refractivity contribution in [1.29, 1.82) is 0 Å². The summed E-state index contributed by atoms with van der Waals surface area (Å²) in [5.41, 5.74) is 2.19. The molecule has 140 valence electrons. The van der Waals surface area contributed by atoms with Crippen molar-refractivity contribution in [2.24, 2.45) is 7.05 Å². The van der Waals surface area contributed by atoms with Crippen molar-refractivity contribution in [2.45, 2.75) is 43.9 Å². The zero-order chi connectivity index (χ0) is 19.4. The van der Waals surface area contributed by atoms with Gasteiger partial charge >= 0.3 is 5.97 Å². The van der Waals surface area contributed by atoms with Gasteiger partial charge in [0.05, 0.1) is 17.1 Å². The van der Waals surface area contributed by atoms with Crippen LogP contribution in [0.25, 0.3) is 0 Å². The standard InChI is InChI=1S/C18H22ClN3O3S/c1-10-16(11(2)22(5)21-10)20-17(23)12(3)25-18(24)13(4)26-15-8-6-14(19)7-9-15/h6-9,12-13H,1-5H3,(H,20,23)/t12-,13+/m0/s1. The van der Waals surface area contributed by atoms with E-state index in [0.717, 1.165) is 10.6 Å². The monoisotopic (exact) mass is 395 g/mol. The lowest BCUT2D eigenvalue weighted by atomic mass is 10.3. The van der Waals surface area contributed by atoms with Gasteiger partial charge in [0.15, 0.2) is 6.10 Å². The average molecular weight is 396 g/mol. The lowest BCUT2D eigenvalue weighted by Crippen LogP contribution is -2.32. The molecule has 0 aliphatic carbocycles. The second-order valence-electron chi connectivity index (χ2n) is 5.95. The second-order valence-corrected chi connectivity index (χ2v) is 7.80. The number of ether oxygens (including phenoxy) is 1. The van der Waals surface area contributed by atoms with E-state index in [9.17, 15) is 9.59 Å². The normalized spacial score (nSPS) is 13.2. The van der Waals surface area contributed by atoms with Crippen molar-refractivity contribution in [1.82, 2.24) is 9.78 Å². The predicted molar refractivity (Wildman–Crippen MR) is 104 cm³/mol. The van der Waals surface area contributed by atoms with Gasteiger partial charge in [-0.1, -0.05) is 11.6 Å². The Morgan fingerprint density at radius 1 is 1.23 bits per heavy atom. The molecule has 0 spiro atoms. The molecule has 1 amide bonds. The lowest BCUT2D eigenvalue weighted by molar-refractivity contribution is -0.152. The highest BCUT2D eigenvalue weighted by atomic mass is 35.5. The van der Waals surface area contributed by atoms with Crippen LogP contribution in [0, 0.1) is 13.8 Å². The van der Waals surface area contributed by atoms with E-state index in [0.29, 0.717) is 16.4 Å². The summed E-state index contributed by atoms with van der Waals surface area (Å²) < 4.78 is 6.99. The summed E-state index contributed by atoms with van der Waals surface area (Å²) >= 11 is 7.20. The minimum Gasteiger partial charge on any atom is -0.452 e. The van der Waals surface area contributed by atoms with Gasteiger partial charge in [-0.3, -0.25) is 14.3 Å². The molecule has 0 bridgehead atoms. The van der Waals surface area contributed by atoms with Gasteiger partial charge in [0.2, 0.25) is 0 Å². The molecule has 1 N–H and O–H groups in total. The van der Waals surface area contributed by atoms with E-state index in [4.69, 9.17) is 16.3 Å². The molecular formula is C18H22ClN3O3S. The number of benzene rings is 1. The minimum absolute atomic E-state index is 0.388. The fraction of sp³-hybridized carbons (Fsp3) is 0.389. The third-order valence-electron chi connectivity index (χ3n) is 3.88. The number of esters is 1. The first kappa shape index (κ1) is 20.3. The third kappa shape index (κ3) is 5.02. The Morgan fingerprint density at radius 3 is 2.38 bits per heavy atom. The number of nitrogens with zero attached hydrogens (tertiary/aromatic N) is 2. The van der Waals surface area contributed by atoms with E-state index in [1.165, 1.54) is 11.8 Å². The zero-order valence-electron chi connectivity index (χ0n) is 15.4. The molecule has 0 saturated heterocycles. The average Bonchev–Trinajstić information content (AvgIpc) is 2.82. The number of hydrogen-bond acceptors (Lipinski definition) is 5. The number of carbonyl (C=O) groups excluding carboxylic acids is 2. The number of aryl methyl sites for hydroxylation is 2. The van der Waals surface area contributed by atoms with Crippen molar-refractivity contribution in [3.8, 4) is 0 Å². The summed E-state index contributed by atoms with van der Waals surface area (Å²) in [4.78, 5) is 25.5. The zero-order valence-corrected chi connectivity index (χ0v) is 16.9. The van der Waals surface area contributed by atoms with Crippen LogP contribution in [-0.2, 0) is 21.4 Å². The molecule has 0 aliphatic rings. The minimum atomic E-state index is -0.908. The van der Waals surface area contributed by atoms with Gasteiger partial charge in [-0.25, -0.2) is 0 Å². The van der Waals surface area contributed by atoms with Gasteiger partial charge in [-0.05, 0) is 52.0 Å². The van der Waals surface area contributed by atoms with E-state index < -0.39 is 17.3 Å². The molecule has 2 atom stereocenters. The molecule has 1 aromatic heterocycles. The Kier molecular flexibility index (Phi) is 6.72. The molecule has 1 aromatic carbocycles. The molecule has 8 heteroatoms. The fourth-order valence-corrected chi connectivity index (χ4v) is 3.25. The molecule has 0 fully saturated rings. The molecule has 0 unspecified atom stereocenters. The van der Waals surface area contributed by atoms with Crippen LogP contribution in [0.1, 0.15) is 25.2 Å². The molecule has 0 saturated carbocycles. The SMILES string of the molecule is Cc1nn(C)c(C)c1NC(=O)[C@H](C)OC(=O)[C@@H](C)Sc1ccc(Cl)cc1. The molecule has 2 aromatic rings. The van der Waals surface area contributed by atoms with Crippen molar-refractivity contribution in [3.63, 3.8) is 0 Å². The van der Waals surface area contributed by atoms with Crippen LogP contribution in [0.15, 0.2) is 29.2 Å². The van der Waals surface area contributed by atoms with Crippen molar-refractivity contribution in [3.05, 3.63) is 40.7 Å². The quantitative estimate of drug-likeness (QED) is 0.595. The number of anilines is 1. The van der Waals surface area contributed by atoms with Gasteiger partial charge in [0.1, 0.15) is 5.25 Å². The van der Waals surface area contributed by atoms with Gasteiger partial charge in [0.25, 0.3) is 5.91 Å². The van der Waals surface area contributed by atoms with Gasteiger partial charge in [-0.15, -0.1) is 11.8 Å². The highest BCUT2D eigenvalue weighted by Gasteiger charge is 2.24. The van der Waals surface area contributed by atoms with Crippen LogP contribution in [0.5, 0.6) is 0 Å². The van der Waals surface area contributed by atoms with Crippen molar-refractivity contribution in [2.75, 3.05) is 5.32 Å². The third-order valence-corrected chi connectivity index (χ3v) is 5.22. The Labute approximate surface area is 162 Å². The van der Waals surface area contributed by atoms with Crippen LogP contribution >= 0.6 is 23.4 Å². The van der Waals surface area contributed by atoms with Gasteiger partial charge in [0, 0.05) is 17.0 Å². The molecule has 1 heterocycles. The van der Waals surface area contributed by atoms with Crippen molar-refractivity contribution < 1.29 is 14.3 Å². The Bertz CT molecular complexity index is 805. The maximum absolute atomic E-state index is 12.3. The largest absolute Gasteiger partial charge is 0.452 e. The fourth-order valence-electron chi connectivity index (χ4n) is 2.27. The van der Waals surface area contributed by atoms with E-state index in [2.05, 4.69) is 10.4 Å². The van der Waals surface area contributed by atoms with Crippen molar-refractivity contribution >= 4 is 40.9 Å². The summed E-state index contributed by atoms with van der Waals surface area (Å²) in [6.45, 7) is 6.96. The summed E-state index contributed by atoms with van der Waals surface area (Å²) in [5.74, 6) is -0.839. The van der Waals surface area contributed by atoms with Crippen LogP contribution in [0.4, 0.5) is 5.69 Å². The van der Waals surface area contributed by atoms with Crippen LogP contribution in [0.3, 0.4) is 0 Å². The highest BCUT2D eigenvalue weighted by Crippen LogP contribution is 2.26. The smallest absolute Gasteiger partial charge is 0.319 e. The topological polar surface area (TPSA) is 73.2 Å². The molecule has 6 nitrogen and oxygen atoms in total. The number of aromatic nitrogens is 2. The Morgan fingerprint density at radius 2 is 1.85 bits per heavy atom. The summed E-state index contributed by atoms with van der Waals surface area (Å²) in [5, 5.41) is 7.21. The van der Waals surface area contributed by atoms with Crippen LogP contribution in [-0.4, -0.2) is 33.0 Å². The van der Waals surface area contributed by atoms with Gasteiger partial charge in [-0.2, -0.15) is 5.10 Å². The maximum atomic E-state index is 12.3. The predicted octanol–water partition coefficient (Wildman–Crippen LogP) is 3.74. The molecular weight excluding hydrogens is 374 g/mol. The molecule has 2 rings (SSSR count). The molecule has 26 heavy (non-hydrogen) atoms. The Balaban J connectivity index is 1.92. The molecule has 0 aliphatic heterocycles. The first-order valence-electron chi connectivity index (χ1n) is 8.12. The van der Waals surface area contributed by atoms with E-state index in [1.54, 1.807) is 37.7 Å².